The summed E-state index contributed by atoms with van der Waals surface area (Å²) in [6.45, 7) is 8.93. The van der Waals surface area contributed by atoms with Crippen molar-refractivity contribution in [3.05, 3.63) is 84.9 Å². The van der Waals surface area contributed by atoms with E-state index in [1.807, 2.05) is 30.5 Å². The van der Waals surface area contributed by atoms with Gasteiger partial charge in [-0.1, -0.05) is 81.4 Å². The van der Waals surface area contributed by atoms with E-state index in [4.69, 9.17) is 9.16 Å². The van der Waals surface area contributed by atoms with Crippen molar-refractivity contribution >= 4 is 30.6 Å². The lowest BCUT2D eigenvalue weighted by atomic mass is 10.2. The van der Waals surface area contributed by atoms with Crippen LogP contribution in [-0.2, 0) is 4.43 Å². The number of methoxy groups -OCH3 is 1. The summed E-state index contributed by atoms with van der Waals surface area (Å²) in [5.74, 6) is 0.825. The summed E-state index contributed by atoms with van der Waals surface area (Å²) in [6.07, 6.45) is 1.76. The standard InChI is InChI=1S/C26H31NO2Si/c1-21(20-27-22-16-18-23(28-5)19-17-22)29-30(26(2,3)4,24-12-8-6-9-13-24)25-14-10-7-11-15-25/h6-21H,1-5H3/t21-/m0/s1. The molecule has 0 aromatic heterocycles. The van der Waals surface area contributed by atoms with Crippen LogP contribution < -0.4 is 15.1 Å². The Morgan fingerprint density at radius 3 is 1.73 bits per heavy atom. The molecule has 1 atom stereocenters. The van der Waals surface area contributed by atoms with Gasteiger partial charge < -0.3 is 9.16 Å². The Labute approximate surface area is 181 Å². The predicted molar refractivity (Wildman–Crippen MR) is 129 cm³/mol. The lowest BCUT2D eigenvalue weighted by molar-refractivity contribution is 0.273. The third kappa shape index (κ3) is 4.72. The van der Waals surface area contributed by atoms with Crippen LogP contribution >= 0.6 is 0 Å². The molecule has 3 rings (SSSR count). The molecule has 0 amide bonds. The number of ether oxygens (including phenoxy) is 1. The fourth-order valence-corrected chi connectivity index (χ4v) is 8.49. The van der Waals surface area contributed by atoms with Crippen molar-refractivity contribution in [1.29, 1.82) is 0 Å². The number of nitrogens with zero attached hydrogens (tertiary/aromatic N) is 1. The summed E-state index contributed by atoms with van der Waals surface area (Å²) in [6, 6.07) is 29.1. The maximum atomic E-state index is 7.01. The SMILES string of the molecule is COc1ccc(N=C[C@H](C)O[Si](c2ccccc2)(c2ccccc2)C(C)(C)C)cc1. The molecule has 0 radical (unpaired) electrons. The molecule has 30 heavy (non-hydrogen) atoms. The van der Waals surface area contributed by atoms with Gasteiger partial charge in [0, 0.05) is 6.21 Å². The minimum Gasteiger partial charge on any atom is -0.497 e. The Morgan fingerprint density at radius 2 is 1.30 bits per heavy atom. The number of hydrogen-bond acceptors (Lipinski definition) is 3. The lowest BCUT2D eigenvalue weighted by Crippen LogP contribution is -2.67. The highest BCUT2D eigenvalue weighted by Gasteiger charge is 2.50. The van der Waals surface area contributed by atoms with E-state index in [9.17, 15) is 0 Å². The van der Waals surface area contributed by atoms with Crippen molar-refractivity contribution < 1.29 is 9.16 Å². The van der Waals surface area contributed by atoms with Gasteiger partial charge in [-0.15, -0.1) is 0 Å². The highest BCUT2D eigenvalue weighted by molar-refractivity contribution is 6.99. The average molecular weight is 418 g/mol. The lowest BCUT2D eigenvalue weighted by Gasteiger charge is -2.44. The molecule has 4 heteroatoms. The van der Waals surface area contributed by atoms with Gasteiger partial charge in [0.15, 0.2) is 0 Å². The molecule has 0 heterocycles. The first-order valence-electron chi connectivity index (χ1n) is 10.3. The first-order valence-corrected chi connectivity index (χ1v) is 12.2. The van der Waals surface area contributed by atoms with Crippen molar-refractivity contribution in [2.24, 2.45) is 4.99 Å². The van der Waals surface area contributed by atoms with E-state index in [1.165, 1.54) is 10.4 Å². The molecule has 3 aromatic rings. The Balaban J connectivity index is 1.99. The fourth-order valence-electron chi connectivity index (χ4n) is 3.86. The van der Waals surface area contributed by atoms with Crippen LogP contribution in [0.1, 0.15) is 27.7 Å². The second kappa shape index (κ2) is 9.41. The zero-order valence-electron chi connectivity index (χ0n) is 18.5. The number of benzene rings is 3. The monoisotopic (exact) mass is 417 g/mol. The number of hydrogen-bond donors (Lipinski definition) is 0. The first kappa shape index (κ1) is 22.0. The third-order valence-electron chi connectivity index (χ3n) is 5.29. The van der Waals surface area contributed by atoms with Crippen LogP contribution in [0, 0.1) is 0 Å². The molecule has 0 aliphatic carbocycles. The van der Waals surface area contributed by atoms with Gasteiger partial charge in [-0.2, -0.15) is 0 Å². The zero-order valence-corrected chi connectivity index (χ0v) is 19.5. The normalized spacial score (nSPS) is 13.4. The van der Waals surface area contributed by atoms with E-state index in [1.54, 1.807) is 7.11 Å². The van der Waals surface area contributed by atoms with Gasteiger partial charge in [0.2, 0.25) is 0 Å². The molecule has 0 saturated carbocycles. The van der Waals surface area contributed by atoms with Crippen molar-refractivity contribution in [3.8, 4) is 5.75 Å². The summed E-state index contributed by atoms with van der Waals surface area (Å²) >= 11 is 0. The Kier molecular flexibility index (Phi) is 6.90. The van der Waals surface area contributed by atoms with Gasteiger partial charge in [-0.25, -0.2) is 0 Å². The van der Waals surface area contributed by atoms with E-state index in [-0.39, 0.29) is 11.1 Å². The smallest absolute Gasteiger partial charge is 0.261 e. The van der Waals surface area contributed by atoms with Gasteiger partial charge in [0.25, 0.3) is 8.32 Å². The zero-order chi connectivity index (χ0) is 21.6. The highest BCUT2D eigenvalue weighted by atomic mass is 28.4. The van der Waals surface area contributed by atoms with Gasteiger partial charge >= 0.3 is 0 Å². The maximum Gasteiger partial charge on any atom is 0.261 e. The quantitative estimate of drug-likeness (QED) is 0.383. The molecule has 0 saturated heterocycles. The third-order valence-corrected chi connectivity index (χ3v) is 10.4. The van der Waals surface area contributed by atoms with Crippen molar-refractivity contribution in [2.75, 3.05) is 7.11 Å². The molecule has 0 aliphatic rings. The van der Waals surface area contributed by atoms with Crippen LogP contribution in [-0.4, -0.2) is 27.7 Å². The Bertz CT molecular complexity index is 908. The molecule has 0 unspecified atom stereocenters. The summed E-state index contributed by atoms with van der Waals surface area (Å²) < 4.78 is 12.2. The van der Waals surface area contributed by atoms with Crippen molar-refractivity contribution in [1.82, 2.24) is 0 Å². The number of rotatable bonds is 7. The summed E-state index contributed by atoms with van der Waals surface area (Å²) in [7, 11) is -0.912. The minimum absolute atomic E-state index is 0.0576. The first-order chi connectivity index (χ1) is 14.4. The van der Waals surface area contributed by atoms with Crippen LogP contribution in [0.15, 0.2) is 89.9 Å². The molecule has 0 N–H and O–H groups in total. The topological polar surface area (TPSA) is 30.8 Å². The van der Waals surface area contributed by atoms with E-state index >= 15 is 0 Å². The molecular weight excluding hydrogens is 386 g/mol. The Hall–Kier alpha value is -2.69. The van der Waals surface area contributed by atoms with E-state index in [2.05, 4.69) is 93.4 Å². The maximum absolute atomic E-state index is 7.01. The van der Waals surface area contributed by atoms with E-state index in [0.29, 0.717) is 0 Å². The largest absolute Gasteiger partial charge is 0.497 e. The molecule has 3 aromatic carbocycles. The molecule has 0 fully saturated rings. The second-order valence-corrected chi connectivity index (χ2v) is 12.7. The summed E-state index contributed by atoms with van der Waals surface area (Å²) in [5.41, 5.74) is 0.883. The van der Waals surface area contributed by atoms with Crippen molar-refractivity contribution in [2.45, 2.75) is 38.8 Å². The van der Waals surface area contributed by atoms with Crippen LogP contribution in [0.25, 0.3) is 0 Å². The van der Waals surface area contributed by atoms with E-state index in [0.717, 1.165) is 11.4 Å². The molecule has 0 spiro atoms. The van der Waals surface area contributed by atoms with Gasteiger partial charge in [-0.3, -0.25) is 4.99 Å². The Morgan fingerprint density at radius 1 is 0.800 bits per heavy atom. The van der Waals surface area contributed by atoms with Gasteiger partial charge in [0.1, 0.15) is 5.75 Å². The molecular formula is C26H31NO2Si. The van der Waals surface area contributed by atoms with Crippen molar-refractivity contribution in [3.63, 3.8) is 0 Å². The van der Waals surface area contributed by atoms with Crippen LogP contribution in [0.5, 0.6) is 5.75 Å². The minimum atomic E-state index is -2.58. The highest BCUT2D eigenvalue weighted by Crippen LogP contribution is 2.37. The molecule has 156 valence electrons. The van der Waals surface area contributed by atoms with Crippen LogP contribution in [0.4, 0.5) is 5.69 Å². The van der Waals surface area contributed by atoms with E-state index < -0.39 is 8.32 Å². The van der Waals surface area contributed by atoms with Gasteiger partial charge in [-0.05, 0) is 46.6 Å². The van der Waals surface area contributed by atoms with Gasteiger partial charge in [0.05, 0.1) is 18.9 Å². The molecule has 0 aliphatic heterocycles. The summed E-state index contributed by atoms with van der Waals surface area (Å²) in [5, 5.41) is 2.49. The fraction of sp³-hybridized carbons (Fsp3) is 0.269. The average Bonchev–Trinajstić information content (AvgIpc) is 2.76. The number of aliphatic imine (C=N–C) groups is 1. The second-order valence-electron chi connectivity index (χ2n) is 8.46. The van der Waals surface area contributed by atoms with Crippen LogP contribution in [0.3, 0.4) is 0 Å². The predicted octanol–water partition coefficient (Wildman–Crippen LogP) is 5.36. The van der Waals surface area contributed by atoms with Crippen LogP contribution in [0.2, 0.25) is 5.04 Å². The summed E-state index contributed by atoms with van der Waals surface area (Å²) in [4.78, 5) is 4.65. The molecule has 0 bridgehead atoms. The molecule has 3 nitrogen and oxygen atoms in total.